The second kappa shape index (κ2) is 8.99. The summed E-state index contributed by atoms with van der Waals surface area (Å²) in [6.45, 7) is 0. The van der Waals surface area contributed by atoms with Crippen molar-refractivity contribution < 1.29 is 24.5 Å². The number of phenols is 2. The number of carbonyl (C=O) groups is 1. The van der Waals surface area contributed by atoms with Crippen LogP contribution in [-0.4, -0.2) is 16.2 Å². The standard InChI is InChI=1S/C20H4Br4I4O5/c21-8-4(29)2-1-3-17(8)32-18-7(9(22)10(23)16(30)11(18)24)20(3)6-5(19(31)33-20)12(25)14(27)15(28)13(6)26/h1-2,29-30H. The minimum atomic E-state index is -1.40. The number of ether oxygens (including phenoxy) is 2. The highest BCUT2D eigenvalue weighted by atomic mass is 127. The highest BCUT2D eigenvalue weighted by Crippen LogP contribution is 2.65. The van der Waals surface area contributed by atoms with Gasteiger partial charge in [0.15, 0.2) is 17.1 Å². The zero-order valence-electron chi connectivity index (χ0n) is 15.3. The minimum absolute atomic E-state index is 0.0325. The van der Waals surface area contributed by atoms with Crippen molar-refractivity contribution in [2.75, 3.05) is 0 Å². The summed E-state index contributed by atoms with van der Waals surface area (Å²) in [6.07, 6.45) is 0. The first-order valence-corrected chi connectivity index (χ1v) is 16.1. The molecule has 1 unspecified atom stereocenters. The van der Waals surface area contributed by atoms with E-state index in [9.17, 15) is 15.0 Å². The zero-order valence-corrected chi connectivity index (χ0v) is 30.3. The normalized spacial score (nSPS) is 18.0. The maximum Gasteiger partial charge on any atom is 0.341 e. The van der Waals surface area contributed by atoms with Gasteiger partial charge in [0.05, 0.1) is 15.6 Å². The third-order valence-corrected chi connectivity index (χ3v) is 16.3. The van der Waals surface area contributed by atoms with Crippen molar-refractivity contribution >= 4 is 160 Å². The molecule has 3 aromatic rings. The van der Waals surface area contributed by atoms with Gasteiger partial charge in [0.25, 0.3) is 0 Å². The Hall–Kier alpha value is 1.37. The van der Waals surface area contributed by atoms with Gasteiger partial charge >= 0.3 is 5.97 Å². The smallest absolute Gasteiger partial charge is 0.341 e. The van der Waals surface area contributed by atoms with E-state index in [-0.39, 0.29) is 27.5 Å². The Morgan fingerprint density at radius 1 is 0.758 bits per heavy atom. The molecule has 2 aliphatic heterocycles. The Morgan fingerprint density at radius 3 is 2.06 bits per heavy atom. The first-order valence-electron chi connectivity index (χ1n) is 8.64. The molecule has 13 heteroatoms. The topological polar surface area (TPSA) is 76.0 Å². The van der Waals surface area contributed by atoms with Gasteiger partial charge in [0.1, 0.15) is 20.4 Å². The molecule has 33 heavy (non-hydrogen) atoms. The second-order valence-electron chi connectivity index (χ2n) is 6.95. The van der Waals surface area contributed by atoms with Crippen LogP contribution in [0.15, 0.2) is 30.0 Å². The molecule has 0 saturated carbocycles. The number of hydrogen-bond donors (Lipinski definition) is 2. The summed E-state index contributed by atoms with van der Waals surface area (Å²) in [5.74, 6) is -0.0218. The monoisotopic (exact) mass is 1150 g/mol. The number of carbonyl (C=O) groups excluding carboxylic acids is 1. The van der Waals surface area contributed by atoms with Crippen LogP contribution in [0.4, 0.5) is 0 Å². The molecular formula is C20H4Br4I4O5. The van der Waals surface area contributed by atoms with E-state index in [1.807, 2.05) is 0 Å². The number of hydrogen-bond acceptors (Lipinski definition) is 5. The van der Waals surface area contributed by atoms with Gasteiger partial charge in [-0.15, -0.1) is 0 Å². The first-order chi connectivity index (χ1) is 15.4. The second-order valence-corrected chi connectivity index (χ2v) is 14.4. The molecule has 0 fully saturated rings. The summed E-state index contributed by atoms with van der Waals surface area (Å²) in [5.41, 5.74) is 0.838. The van der Waals surface area contributed by atoms with E-state index in [2.05, 4.69) is 154 Å². The summed E-state index contributed by atoms with van der Waals surface area (Å²) in [7, 11) is 0. The van der Waals surface area contributed by atoms with Gasteiger partial charge in [-0.05, 0) is 166 Å². The van der Waals surface area contributed by atoms with Crippen molar-refractivity contribution in [1.82, 2.24) is 0 Å². The van der Waals surface area contributed by atoms with Gasteiger partial charge in [-0.25, -0.2) is 4.79 Å². The van der Waals surface area contributed by atoms with Crippen LogP contribution in [0.1, 0.15) is 27.0 Å². The Labute approximate surface area is 275 Å². The van der Waals surface area contributed by atoms with E-state index in [1.54, 1.807) is 6.07 Å². The van der Waals surface area contributed by atoms with Crippen LogP contribution in [0.5, 0.6) is 23.0 Å². The number of aromatic hydroxyl groups is 2. The van der Waals surface area contributed by atoms with Gasteiger partial charge in [-0.2, -0.15) is 0 Å². The summed E-state index contributed by atoms with van der Waals surface area (Å²) in [6, 6.07) is 3.22. The van der Waals surface area contributed by atoms with Crippen LogP contribution in [-0.2, 0) is 10.3 Å². The van der Waals surface area contributed by atoms with Gasteiger partial charge < -0.3 is 19.7 Å². The molecule has 0 amide bonds. The molecule has 0 aliphatic carbocycles. The third kappa shape index (κ3) is 3.46. The predicted molar refractivity (Wildman–Crippen MR) is 170 cm³/mol. The lowest BCUT2D eigenvalue weighted by molar-refractivity contribution is 0.0218. The quantitative estimate of drug-likeness (QED) is 0.102. The fraction of sp³-hybridized carbons (Fsp3) is 0.0500. The molecule has 0 radical (unpaired) electrons. The molecular weight excluding hydrogens is 1150 g/mol. The van der Waals surface area contributed by atoms with E-state index >= 15 is 0 Å². The molecule has 0 aromatic heterocycles. The highest BCUT2D eigenvalue weighted by Gasteiger charge is 2.58. The number of benzene rings is 3. The molecule has 0 bridgehead atoms. The molecule has 5 nitrogen and oxygen atoms in total. The van der Waals surface area contributed by atoms with E-state index in [1.165, 1.54) is 6.07 Å². The summed E-state index contributed by atoms with van der Waals surface area (Å²) in [4.78, 5) is 13.5. The molecule has 1 spiro atoms. The van der Waals surface area contributed by atoms with Gasteiger partial charge in [0.2, 0.25) is 0 Å². The zero-order chi connectivity index (χ0) is 24.1. The average molecular weight is 1150 g/mol. The van der Waals surface area contributed by atoms with Gasteiger partial charge in [-0.3, -0.25) is 0 Å². The predicted octanol–water partition coefficient (Wildman–Crippen LogP) is 9.13. The molecule has 170 valence electrons. The maximum atomic E-state index is 13.5. The van der Waals surface area contributed by atoms with Crippen molar-refractivity contribution in [1.29, 1.82) is 0 Å². The summed E-state index contributed by atoms with van der Waals surface area (Å²) >= 11 is 22.8. The number of esters is 1. The van der Waals surface area contributed by atoms with Crippen molar-refractivity contribution in [2.45, 2.75) is 5.60 Å². The van der Waals surface area contributed by atoms with Crippen molar-refractivity contribution in [2.24, 2.45) is 0 Å². The van der Waals surface area contributed by atoms with Gasteiger partial charge in [-0.1, -0.05) is 0 Å². The van der Waals surface area contributed by atoms with E-state index < -0.39 is 11.6 Å². The third-order valence-electron chi connectivity index (χ3n) is 5.34. The van der Waals surface area contributed by atoms with E-state index in [0.29, 0.717) is 35.7 Å². The lowest BCUT2D eigenvalue weighted by atomic mass is 9.77. The van der Waals surface area contributed by atoms with Crippen LogP contribution in [0.3, 0.4) is 0 Å². The van der Waals surface area contributed by atoms with E-state index in [4.69, 9.17) is 9.47 Å². The van der Waals surface area contributed by atoms with Crippen LogP contribution >= 0.6 is 154 Å². The fourth-order valence-corrected chi connectivity index (χ4v) is 9.96. The number of halogens is 8. The number of rotatable bonds is 0. The molecule has 1 atom stereocenters. The van der Waals surface area contributed by atoms with Crippen molar-refractivity contribution in [3.8, 4) is 23.0 Å². The molecule has 0 saturated heterocycles. The SMILES string of the molecule is O=C1OC2(c3ccc(O)c(Br)c3Oc3c(Br)c(O)c(Br)c(Br)c32)c2c(I)c(I)c(I)c(I)c21. The number of fused-ring (bicyclic) bond motifs is 6. The summed E-state index contributed by atoms with van der Waals surface area (Å²) < 4.78 is 17.6. The maximum absolute atomic E-state index is 13.5. The largest absolute Gasteiger partial charge is 0.507 e. The van der Waals surface area contributed by atoms with Crippen LogP contribution in [0, 0.1) is 14.3 Å². The Kier molecular flexibility index (Phi) is 7.08. The molecule has 2 N–H and O–H groups in total. The minimum Gasteiger partial charge on any atom is -0.507 e. The van der Waals surface area contributed by atoms with Crippen LogP contribution in [0.25, 0.3) is 0 Å². The lowest BCUT2D eigenvalue weighted by Crippen LogP contribution is -2.35. The summed E-state index contributed by atoms with van der Waals surface area (Å²) in [5, 5.41) is 21.1. The Balaban J connectivity index is 2.07. The van der Waals surface area contributed by atoms with Crippen LogP contribution in [0.2, 0.25) is 0 Å². The molecule has 5 rings (SSSR count). The Bertz CT molecular complexity index is 1460. The average Bonchev–Trinajstić information content (AvgIpc) is 3.08. The van der Waals surface area contributed by atoms with Crippen molar-refractivity contribution in [3.63, 3.8) is 0 Å². The lowest BCUT2D eigenvalue weighted by Gasteiger charge is -2.39. The molecule has 2 heterocycles. The fourth-order valence-electron chi connectivity index (χ4n) is 3.96. The number of phenolic OH excluding ortho intramolecular Hbond substituents is 2. The first kappa shape index (κ1) is 26.0. The molecule has 2 aliphatic rings. The van der Waals surface area contributed by atoms with E-state index in [0.717, 1.165) is 14.3 Å². The Morgan fingerprint density at radius 2 is 1.39 bits per heavy atom. The van der Waals surface area contributed by atoms with Crippen LogP contribution < -0.4 is 4.74 Å². The highest BCUT2D eigenvalue weighted by molar-refractivity contribution is 14.1. The van der Waals surface area contributed by atoms with Gasteiger partial charge in [0, 0.05) is 29.9 Å². The molecule has 3 aromatic carbocycles. The van der Waals surface area contributed by atoms with Crippen molar-refractivity contribution in [3.05, 3.63) is 66.6 Å².